The average Bonchev–Trinajstić information content (AvgIpc) is 2.31. The number of hydrogen-bond acceptors (Lipinski definition) is 2. The van der Waals surface area contributed by atoms with Crippen molar-refractivity contribution in [1.29, 1.82) is 0 Å². The lowest BCUT2D eigenvalue weighted by atomic mass is 10.1. The topological polar surface area (TPSA) is 18.5 Å². The third-order valence-corrected chi connectivity index (χ3v) is 2.94. The summed E-state index contributed by atoms with van der Waals surface area (Å²) in [6.07, 6.45) is 1.93. The normalized spacial score (nSPS) is 11.4. The molecule has 0 atom stereocenters. The fourth-order valence-electron chi connectivity index (χ4n) is 1.32. The van der Waals surface area contributed by atoms with Crippen LogP contribution in [0.5, 0.6) is 11.5 Å². The Bertz CT molecular complexity index is 400. The largest absolute Gasteiger partial charge is 0.493 e. The summed E-state index contributed by atoms with van der Waals surface area (Å²) in [5.41, 5.74) is 1.91. The maximum atomic E-state index is 6.20. The van der Waals surface area contributed by atoms with Gasteiger partial charge in [-0.3, -0.25) is 0 Å². The van der Waals surface area contributed by atoms with E-state index in [1.807, 2.05) is 25.1 Å². The van der Waals surface area contributed by atoms with Gasteiger partial charge in [-0.15, -0.1) is 11.6 Å². The zero-order chi connectivity index (χ0) is 12.1. The van der Waals surface area contributed by atoms with Crippen molar-refractivity contribution in [2.45, 2.75) is 6.92 Å². The molecule has 88 valence electrons. The summed E-state index contributed by atoms with van der Waals surface area (Å²) in [6.45, 7) is 1.94. The number of hydrogen-bond donors (Lipinski definition) is 0. The molecule has 1 aromatic carbocycles. The van der Waals surface area contributed by atoms with Crippen LogP contribution in [0.1, 0.15) is 12.5 Å². The monoisotopic (exact) mass is 260 g/mol. The number of ether oxygens (including phenoxy) is 2. The first-order valence-corrected chi connectivity index (χ1v) is 5.69. The summed E-state index contributed by atoms with van der Waals surface area (Å²) in [5.74, 6) is 1.64. The van der Waals surface area contributed by atoms with Crippen LogP contribution in [-0.4, -0.2) is 20.1 Å². The third kappa shape index (κ3) is 2.83. The Labute approximate surface area is 106 Å². The lowest BCUT2D eigenvalue weighted by molar-refractivity contribution is 0.355. The van der Waals surface area contributed by atoms with Crippen molar-refractivity contribution in [2.75, 3.05) is 20.1 Å². The Morgan fingerprint density at radius 2 is 2.00 bits per heavy atom. The molecule has 0 aromatic heterocycles. The van der Waals surface area contributed by atoms with Crippen molar-refractivity contribution in [3.63, 3.8) is 0 Å². The molecule has 1 aromatic rings. The molecule has 0 saturated heterocycles. The predicted octanol–water partition coefficient (Wildman–Crippen LogP) is 4.00. The van der Waals surface area contributed by atoms with Crippen molar-refractivity contribution in [1.82, 2.24) is 0 Å². The van der Waals surface area contributed by atoms with Crippen LogP contribution in [0, 0.1) is 0 Å². The van der Waals surface area contributed by atoms with Gasteiger partial charge in [0.1, 0.15) is 0 Å². The third-order valence-electron chi connectivity index (χ3n) is 2.13. The van der Waals surface area contributed by atoms with Gasteiger partial charge in [0.05, 0.1) is 19.2 Å². The molecule has 0 fully saturated rings. The molecule has 0 aliphatic heterocycles. The Hall–Kier alpha value is -0.860. The van der Waals surface area contributed by atoms with Gasteiger partial charge in [-0.1, -0.05) is 23.3 Å². The molecule has 0 aliphatic rings. The second-order valence-electron chi connectivity index (χ2n) is 3.33. The maximum Gasteiger partial charge on any atom is 0.179 e. The van der Waals surface area contributed by atoms with E-state index in [0.717, 1.165) is 11.1 Å². The number of halogens is 2. The van der Waals surface area contributed by atoms with Crippen LogP contribution in [0.2, 0.25) is 5.02 Å². The van der Waals surface area contributed by atoms with Gasteiger partial charge in [-0.05, 0) is 24.6 Å². The van der Waals surface area contributed by atoms with Gasteiger partial charge in [0.2, 0.25) is 0 Å². The van der Waals surface area contributed by atoms with Crippen LogP contribution in [0.3, 0.4) is 0 Å². The summed E-state index contributed by atoms with van der Waals surface area (Å²) in [6, 6.07) is 3.69. The predicted molar refractivity (Wildman–Crippen MR) is 68.9 cm³/mol. The van der Waals surface area contributed by atoms with Crippen molar-refractivity contribution in [3.05, 3.63) is 28.3 Å². The number of allylic oxidation sites excluding steroid dienone is 1. The lowest BCUT2D eigenvalue weighted by Gasteiger charge is -2.11. The van der Waals surface area contributed by atoms with Gasteiger partial charge in [-0.25, -0.2) is 0 Å². The molecule has 4 heteroatoms. The average molecular weight is 261 g/mol. The van der Waals surface area contributed by atoms with Gasteiger partial charge in [0.15, 0.2) is 11.5 Å². The molecule has 0 amide bonds. The molecular formula is C12H14Cl2O2. The summed E-state index contributed by atoms with van der Waals surface area (Å²) >= 11 is 11.9. The van der Waals surface area contributed by atoms with E-state index >= 15 is 0 Å². The highest BCUT2D eigenvalue weighted by molar-refractivity contribution is 6.33. The van der Waals surface area contributed by atoms with Gasteiger partial charge < -0.3 is 9.47 Å². The summed E-state index contributed by atoms with van der Waals surface area (Å²) < 4.78 is 10.4. The zero-order valence-electron chi connectivity index (χ0n) is 9.51. The van der Waals surface area contributed by atoms with E-state index in [1.165, 1.54) is 0 Å². The molecule has 0 aliphatic carbocycles. The Kier molecular flexibility index (Phi) is 4.97. The molecule has 0 bridgehead atoms. The minimum absolute atomic E-state index is 0.477. The van der Waals surface area contributed by atoms with Crippen LogP contribution in [0.25, 0.3) is 6.08 Å². The number of benzene rings is 1. The quantitative estimate of drug-likeness (QED) is 0.762. The smallest absolute Gasteiger partial charge is 0.179 e. The van der Waals surface area contributed by atoms with Crippen molar-refractivity contribution in [3.8, 4) is 11.5 Å². The highest BCUT2D eigenvalue weighted by Crippen LogP contribution is 2.38. The van der Waals surface area contributed by atoms with Crippen molar-refractivity contribution < 1.29 is 9.47 Å². The van der Waals surface area contributed by atoms with Crippen molar-refractivity contribution >= 4 is 29.3 Å². The van der Waals surface area contributed by atoms with Crippen LogP contribution < -0.4 is 9.47 Å². The zero-order valence-corrected chi connectivity index (χ0v) is 11.0. The maximum absolute atomic E-state index is 6.20. The molecule has 0 saturated carbocycles. The number of methoxy groups -OCH3 is 2. The van der Waals surface area contributed by atoms with E-state index in [9.17, 15) is 0 Å². The van der Waals surface area contributed by atoms with Crippen molar-refractivity contribution in [2.24, 2.45) is 0 Å². The Morgan fingerprint density at radius 1 is 1.31 bits per heavy atom. The Morgan fingerprint density at radius 3 is 2.50 bits per heavy atom. The van der Waals surface area contributed by atoms with Gasteiger partial charge in [0.25, 0.3) is 0 Å². The minimum Gasteiger partial charge on any atom is -0.493 e. The number of alkyl halides is 1. The van der Waals surface area contributed by atoms with E-state index in [1.54, 1.807) is 14.2 Å². The highest BCUT2D eigenvalue weighted by Gasteiger charge is 2.11. The second kappa shape index (κ2) is 6.02. The Balaban J connectivity index is 3.24. The molecular weight excluding hydrogens is 247 g/mol. The minimum atomic E-state index is 0.477. The molecule has 16 heavy (non-hydrogen) atoms. The fourth-order valence-corrected chi connectivity index (χ4v) is 1.69. The first kappa shape index (κ1) is 13.2. The van der Waals surface area contributed by atoms with E-state index in [4.69, 9.17) is 32.7 Å². The second-order valence-corrected chi connectivity index (χ2v) is 3.97. The number of rotatable bonds is 4. The highest BCUT2D eigenvalue weighted by atomic mass is 35.5. The first-order chi connectivity index (χ1) is 7.63. The van der Waals surface area contributed by atoms with E-state index in [2.05, 4.69) is 0 Å². The van der Waals surface area contributed by atoms with Gasteiger partial charge in [-0.2, -0.15) is 0 Å². The molecule has 0 heterocycles. The van der Waals surface area contributed by atoms with Gasteiger partial charge >= 0.3 is 0 Å². The first-order valence-electron chi connectivity index (χ1n) is 4.77. The van der Waals surface area contributed by atoms with Crippen LogP contribution in [-0.2, 0) is 0 Å². The van der Waals surface area contributed by atoms with E-state index in [0.29, 0.717) is 22.4 Å². The fraction of sp³-hybridized carbons (Fsp3) is 0.333. The molecule has 2 nitrogen and oxygen atoms in total. The summed E-state index contributed by atoms with van der Waals surface area (Å²) in [4.78, 5) is 0. The SMILES string of the molecule is COc1ccc(C=C(C)CCl)c(Cl)c1OC. The van der Waals surface area contributed by atoms with E-state index < -0.39 is 0 Å². The van der Waals surface area contributed by atoms with Gasteiger partial charge in [0, 0.05) is 5.88 Å². The molecule has 0 N–H and O–H groups in total. The van der Waals surface area contributed by atoms with Crippen LogP contribution in [0.15, 0.2) is 17.7 Å². The standard InChI is InChI=1S/C12H14Cl2O2/c1-8(7-13)6-9-4-5-10(15-2)12(16-3)11(9)14/h4-6H,7H2,1-3H3. The lowest BCUT2D eigenvalue weighted by Crippen LogP contribution is -1.93. The van der Waals surface area contributed by atoms with Crippen LogP contribution in [0.4, 0.5) is 0 Å². The summed E-state index contributed by atoms with van der Waals surface area (Å²) in [5, 5.41) is 0.534. The molecule has 1 rings (SSSR count). The van der Waals surface area contributed by atoms with Crippen LogP contribution >= 0.6 is 23.2 Å². The molecule has 0 unspecified atom stereocenters. The summed E-state index contributed by atoms with van der Waals surface area (Å²) in [7, 11) is 3.14. The van der Waals surface area contributed by atoms with E-state index in [-0.39, 0.29) is 0 Å². The molecule has 0 spiro atoms. The molecule has 0 radical (unpaired) electrons.